The molecule has 0 saturated heterocycles. The zero-order chi connectivity index (χ0) is 18.9. The lowest BCUT2D eigenvalue weighted by atomic mass is 10.0. The van der Waals surface area contributed by atoms with Crippen LogP contribution in [-0.4, -0.2) is 32.3 Å². The van der Waals surface area contributed by atoms with Crippen molar-refractivity contribution in [3.63, 3.8) is 0 Å². The van der Waals surface area contributed by atoms with Gasteiger partial charge in [-0.25, -0.2) is 13.1 Å². The van der Waals surface area contributed by atoms with Gasteiger partial charge in [0, 0.05) is 23.5 Å². The van der Waals surface area contributed by atoms with Crippen LogP contribution in [0.2, 0.25) is 5.02 Å². The third kappa shape index (κ3) is 3.57. The first-order valence-corrected chi connectivity index (χ1v) is 10.9. The van der Waals surface area contributed by atoms with Crippen LogP contribution in [-0.2, 0) is 16.4 Å². The van der Waals surface area contributed by atoms with Crippen molar-refractivity contribution in [2.45, 2.75) is 24.3 Å². The highest BCUT2D eigenvalue weighted by molar-refractivity contribution is 7.89. The van der Waals surface area contributed by atoms with Gasteiger partial charge in [-0.1, -0.05) is 17.7 Å². The minimum Gasteiger partial charge on any atom is -0.331 e. The molecule has 2 heterocycles. The van der Waals surface area contributed by atoms with Crippen LogP contribution >= 0.6 is 22.9 Å². The van der Waals surface area contributed by atoms with Crippen LogP contribution in [0.3, 0.4) is 0 Å². The smallest absolute Gasteiger partial charge is 0.254 e. The molecule has 26 heavy (non-hydrogen) atoms. The molecule has 2 aromatic rings. The molecule has 0 aliphatic carbocycles. The van der Waals surface area contributed by atoms with E-state index in [2.05, 4.69) is 11.3 Å². The molecule has 1 aromatic carbocycles. The van der Waals surface area contributed by atoms with Gasteiger partial charge < -0.3 is 4.90 Å². The van der Waals surface area contributed by atoms with Gasteiger partial charge >= 0.3 is 0 Å². The fourth-order valence-electron chi connectivity index (χ4n) is 3.04. The summed E-state index contributed by atoms with van der Waals surface area (Å²) in [5.41, 5.74) is 1.46. The fourth-order valence-corrected chi connectivity index (χ4v) is 5.53. The molecule has 0 spiro atoms. The van der Waals surface area contributed by atoms with Crippen LogP contribution in [0.5, 0.6) is 0 Å². The number of halogens is 1. The SMILES string of the molecule is C=CCNS(=O)(=O)c1cc(C(=O)N2CCc3sccc3[C@H]2C)ccc1Cl. The summed E-state index contributed by atoms with van der Waals surface area (Å²) in [4.78, 5) is 16.0. The van der Waals surface area contributed by atoms with E-state index < -0.39 is 10.0 Å². The Bertz CT molecular complexity index is 953. The van der Waals surface area contributed by atoms with E-state index in [9.17, 15) is 13.2 Å². The van der Waals surface area contributed by atoms with Crippen LogP contribution in [0.15, 0.2) is 47.2 Å². The minimum atomic E-state index is -3.82. The molecular formula is C18H19ClN2O3S2. The number of hydrogen-bond donors (Lipinski definition) is 1. The summed E-state index contributed by atoms with van der Waals surface area (Å²) >= 11 is 7.77. The Morgan fingerprint density at radius 3 is 2.96 bits per heavy atom. The number of amides is 1. The van der Waals surface area contributed by atoms with Crippen molar-refractivity contribution in [1.82, 2.24) is 9.62 Å². The molecule has 0 saturated carbocycles. The number of carbonyl (C=O) groups excluding carboxylic acids is 1. The largest absolute Gasteiger partial charge is 0.331 e. The Balaban J connectivity index is 1.92. The molecular weight excluding hydrogens is 392 g/mol. The first-order valence-electron chi connectivity index (χ1n) is 8.12. The second-order valence-corrected chi connectivity index (χ2v) is 9.15. The molecule has 3 rings (SSSR count). The van der Waals surface area contributed by atoms with Crippen molar-refractivity contribution >= 4 is 38.9 Å². The molecule has 138 valence electrons. The molecule has 1 atom stereocenters. The van der Waals surface area contributed by atoms with Crippen molar-refractivity contribution in [1.29, 1.82) is 0 Å². The fraction of sp³-hybridized carbons (Fsp3) is 0.278. The van der Waals surface area contributed by atoms with Gasteiger partial charge in [0.1, 0.15) is 4.90 Å². The summed E-state index contributed by atoms with van der Waals surface area (Å²) in [5.74, 6) is -0.203. The maximum atomic E-state index is 13.0. The Morgan fingerprint density at radius 1 is 1.46 bits per heavy atom. The van der Waals surface area contributed by atoms with Gasteiger partial charge in [0.05, 0.1) is 11.1 Å². The van der Waals surface area contributed by atoms with Crippen molar-refractivity contribution in [2.75, 3.05) is 13.1 Å². The van der Waals surface area contributed by atoms with Gasteiger partial charge in [0.15, 0.2) is 0 Å². The van der Waals surface area contributed by atoms with E-state index in [-0.39, 0.29) is 28.4 Å². The predicted octanol–water partition coefficient (Wildman–Crippen LogP) is 3.63. The standard InChI is InChI=1S/C18H19ClN2O3S2/c1-3-8-20-26(23,24)17-11-13(4-5-15(17)19)18(22)21-9-6-16-14(12(21)2)7-10-25-16/h3-5,7,10-12,20H,1,6,8-9H2,2H3/t12-/m1/s1. The molecule has 1 N–H and O–H groups in total. The lowest BCUT2D eigenvalue weighted by Gasteiger charge is -2.33. The minimum absolute atomic E-state index is 0.0490. The monoisotopic (exact) mass is 410 g/mol. The van der Waals surface area contributed by atoms with E-state index in [4.69, 9.17) is 11.6 Å². The number of benzene rings is 1. The quantitative estimate of drug-likeness (QED) is 0.765. The van der Waals surface area contributed by atoms with Crippen molar-refractivity contribution < 1.29 is 13.2 Å². The lowest BCUT2D eigenvalue weighted by Crippen LogP contribution is -2.38. The van der Waals surface area contributed by atoms with Crippen molar-refractivity contribution in [3.8, 4) is 0 Å². The normalized spacial score (nSPS) is 17.0. The summed E-state index contributed by atoms with van der Waals surface area (Å²) in [5, 5.41) is 2.11. The molecule has 0 bridgehead atoms. The van der Waals surface area contributed by atoms with E-state index in [1.165, 1.54) is 23.1 Å². The molecule has 8 heteroatoms. The maximum absolute atomic E-state index is 13.0. The Labute approximate surface area is 162 Å². The van der Waals surface area contributed by atoms with Crippen LogP contribution in [0.4, 0.5) is 0 Å². The van der Waals surface area contributed by atoms with Gasteiger partial charge in [-0.2, -0.15) is 0 Å². The molecule has 0 unspecified atom stereocenters. The number of rotatable bonds is 5. The highest BCUT2D eigenvalue weighted by atomic mass is 35.5. The average Bonchev–Trinajstić information content (AvgIpc) is 3.10. The number of nitrogens with zero attached hydrogens (tertiary/aromatic N) is 1. The lowest BCUT2D eigenvalue weighted by molar-refractivity contribution is 0.0679. The molecule has 0 fully saturated rings. The van der Waals surface area contributed by atoms with Crippen molar-refractivity contribution in [3.05, 3.63) is 63.3 Å². The van der Waals surface area contributed by atoms with E-state index in [0.29, 0.717) is 12.1 Å². The van der Waals surface area contributed by atoms with E-state index in [1.807, 2.05) is 18.4 Å². The number of sulfonamides is 1. The highest BCUT2D eigenvalue weighted by Gasteiger charge is 2.30. The van der Waals surface area contributed by atoms with E-state index in [1.54, 1.807) is 22.3 Å². The van der Waals surface area contributed by atoms with E-state index >= 15 is 0 Å². The van der Waals surface area contributed by atoms with Crippen LogP contribution < -0.4 is 4.72 Å². The second kappa shape index (κ2) is 7.52. The van der Waals surface area contributed by atoms with E-state index in [0.717, 1.165) is 12.0 Å². The number of nitrogens with one attached hydrogen (secondary N) is 1. The van der Waals surface area contributed by atoms with Gasteiger partial charge in [-0.05, 0) is 48.6 Å². The molecule has 0 radical (unpaired) electrons. The summed E-state index contributed by atoms with van der Waals surface area (Å²) in [6.45, 7) is 6.17. The topological polar surface area (TPSA) is 66.5 Å². The molecule has 1 aromatic heterocycles. The predicted molar refractivity (Wildman–Crippen MR) is 104 cm³/mol. The van der Waals surface area contributed by atoms with Gasteiger partial charge in [-0.15, -0.1) is 17.9 Å². The van der Waals surface area contributed by atoms with Crippen LogP contribution in [0.25, 0.3) is 0 Å². The molecule has 5 nitrogen and oxygen atoms in total. The van der Waals surface area contributed by atoms with Gasteiger partial charge in [0.2, 0.25) is 10.0 Å². The van der Waals surface area contributed by atoms with Gasteiger partial charge in [0.25, 0.3) is 5.91 Å². The third-order valence-electron chi connectivity index (χ3n) is 4.42. The first kappa shape index (κ1) is 19.1. The zero-order valence-corrected chi connectivity index (χ0v) is 16.6. The zero-order valence-electron chi connectivity index (χ0n) is 14.2. The Morgan fingerprint density at radius 2 is 2.23 bits per heavy atom. The third-order valence-corrected chi connectivity index (χ3v) is 7.33. The maximum Gasteiger partial charge on any atom is 0.254 e. The second-order valence-electron chi connectivity index (χ2n) is 6.01. The molecule has 1 aliphatic heterocycles. The summed E-state index contributed by atoms with van der Waals surface area (Å²) in [6.07, 6.45) is 2.25. The van der Waals surface area contributed by atoms with Crippen molar-refractivity contribution in [2.24, 2.45) is 0 Å². The Hall–Kier alpha value is -1.67. The Kier molecular flexibility index (Phi) is 5.53. The number of carbonyl (C=O) groups is 1. The summed E-state index contributed by atoms with van der Waals surface area (Å²) < 4.78 is 27.2. The summed E-state index contributed by atoms with van der Waals surface area (Å²) in [7, 11) is -3.82. The average molecular weight is 411 g/mol. The van der Waals surface area contributed by atoms with Crippen LogP contribution in [0, 0.1) is 0 Å². The molecule has 1 amide bonds. The number of hydrogen-bond acceptors (Lipinski definition) is 4. The number of fused-ring (bicyclic) bond motifs is 1. The first-order chi connectivity index (χ1) is 12.3. The number of thiophene rings is 1. The molecule has 1 aliphatic rings. The summed E-state index contributed by atoms with van der Waals surface area (Å²) in [6, 6.07) is 6.34. The van der Waals surface area contributed by atoms with Gasteiger partial charge in [-0.3, -0.25) is 4.79 Å². The highest BCUT2D eigenvalue weighted by Crippen LogP contribution is 2.34. The van der Waals surface area contributed by atoms with Crippen LogP contribution in [0.1, 0.15) is 33.8 Å².